The minimum absolute atomic E-state index is 0.0182. The molecular weight excluding hydrogens is 484 g/mol. The van der Waals surface area contributed by atoms with Crippen molar-refractivity contribution in [1.29, 1.82) is 0 Å². The number of carbonyl (C=O) groups is 2. The van der Waals surface area contributed by atoms with E-state index in [2.05, 4.69) is 0 Å². The first kappa shape index (κ1) is 26.5. The SMILES string of the molecule is CC(C)CN(CC(=O)N(Cc1ccccc1)Cc1cccs1)C(=O)c1cc([N+](=O)[O-])cc([N+](=O)[O-])c1. The van der Waals surface area contributed by atoms with Gasteiger partial charge < -0.3 is 9.80 Å². The molecule has 0 spiro atoms. The molecule has 3 rings (SSSR count). The van der Waals surface area contributed by atoms with E-state index in [-0.39, 0.29) is 30.5 Å². The van der Waals surface area contributed by atoms with Gasteiger partial charge in [-0.25, -0.2) is 0 Å². The fraction of sp³-hybridized carbons (Fsp3) is 0.280. The van der Waals surface area contributed by atoms with E-state index in [1.807, 2.05) is 61.7 Å². The predicted octanol–water partition coefficient (Wildman–Crippen LogP) is 4.89. The molecule has 188 valence electrons. The largest absolute Gasteiger partial charge is 0.332 e. The van der Waals surface area contributed by atoms with Gasteiger partial charge >= 0.3 is 0 Å². The highest BCUT2D eigenvalue weighted by atomic mass is 32.1. The van der Waals surface area contributed by atoms with Gasteiger partial charge in [0.25, 0.3) is 17.3 Å². The standard InChI is InChI=1S/C25H26N4O6S/c1-18(2)14-27(25(31)20-11-21(28(32)33)13-22(12-20)29(34)35)17-24(30)26(16-23-9-6-10-36-23)15-19-7-4-3-5-8-19/h3-13,18H,14-17H2,1-2H3. The Labute approximate surface area is 212 Å². The van der Waals surface area contributed by atoms with Gasteiger partial charge in [-0.05, 0) is 22.9 Å². The molecule has 0 saturated carbocycles. The Hall–Kier alpha value is -4.12. The van der Waals surface area contributed by atoms with Crippen molar-refractivity contribution in [2.45, 2.75) is 26.9 Å². The second-order valence-corrected chi connectivity index (χ2v) is 9.68. The normalized spacial score (nSPS) is 10.8. The van der Waals surface area contributed by atoms with Crippen molar-refractivity contribution in [3.8, 4) is 0 Å². The van der Waals surface area contributed by atoms with E-state index in [1.165, 1.54) is 16.2 Å². The summed E-state index contributed by atoms with van der Waals surface area (Å²) in [6, 6.07) is 16.1. The van der Waals surface area contributed by atoms with E-state index in [1.54, 1.807) is 4.90 Å². The average molecular weight is 511 g/mol. The summed E-state index contributed by atoms with van der Waals surface area (Å²) in [4.78, 5) is 51.8. The van der Waals surface area contributed by atoms with Crippen LogP contribution in [0.1, 0.15) is 34.6 Å². The number of nitro benzene ring substituents is 2. The van der Waals surface area contributed by atoms with Crippen LogP contribution in [-0.4, -0.2) is 44.6 Å². The minimum atomic E-state index is -0.787. The number of thiophene rings is 1. The maximum absolute atomic E-state index is 13.5. The molecule has 1 aromatic heterocycles. The molecule has 3 aromatic rings. The Morgan fingerprint density at radius 3 is 2.06 bits per heavy atom. The van der Waals surface area contributed by atoms with Crippen molar-refractivity contribution in [2.75, 3.05) is 13.1 Å². The van der Waals surface area contributed by atoms with Crippen LogP contribution in [-0.2, 0) is 17.9 Å². The average Bonchev–Trinajstić information content (AvgIpc) is 3.36. The molecule has 11 heteroatoms. The zero-order chi connectivity index (χ0) is 26.2. The molecule has 0 aliphatic rings. The molecule has 36 heavy (non-hydrogen) atoms. The van der Waals surface area contributed by atoms with Crippen LogP contribution in [0.3, 0.4) is 0 Å². The summed E-state index contributed by atoms with van der Waals surface area (Å²) in [6.07, 6.45) is 0. The van der Waals surface area contributed by atoms with Gasteiger partial charge in [0.15, 0.2) is 0 Å². The van der Waals surface area contributed by atoms with E-state index < -0.39 is 27.1 Å². The van der Waals surface area contributed by atoms with Crippen molar-refractivity contribution in [2.24, 2.45) is 5.92 Å². The van der Waals surface area contributed by atoms with E-state index in [0.29, 0.717) is 13.1 Å². The zero-order valence-electron chi connectivity index (χ0n) is 19.9. The Bertz CT molecular complexity index is 1200. The van der Waals surface area contributed by atoms with Crippen LogP contribution in [0.4, 0.5) is 11.4 Å². The Kier molecular flexibility index (Phi) is 8.85. The van der Waals surface area contributed by atoms with Crippen molar-refractivity contribution >= 4 is 34.5 Å². The quantitative estimate of drug-likeness (QED) is 0.267. The molecular formula is C25H26N4O6S. The molecule has 1 heterocycles. The highest BCUT2D eigenvalue weighted by Gasteiger charge is 2.27. The lowest BCUT2D eigenvalue weighted by Crippen LogP contribution is -2.43. The van der Waals surface area contributed by atoms with Crippen LogP contribution in [0.15, 0.2) is 66.0 Å². The van der Waals surface area contributed by atoms with Gasteiger partial charge in [-0.3, -0.25) is 29.8 Å². The van der Waals surface area contributed by atoms with E-state index in [9.17, 15) is 29.8 Å². The molecule has 0 aliphatic heterocycles. The third kappa shape index (κ3) is 7.19. The second-order valence-electron chi connectivity index (χ2n) is 8.65. The van der Waals surface area contributed by atoms with Crippen LogP contribution in [0.25, 0.3) is 0 Å². The maximum atomic E-state index is 13.5. The molecule has 0 radical (unpaired) electrons. The highest BCUT2D eigenvalue weighted by molar-refractivity contribution is 7.09. The van der Waals surface area contributed by atoms with Crippen molar-refractivity contribution in [3.05, 3.63) is 102 Å². The fourth-order valence-corrected chi connectivity index (χ4v) is 4.38. The third-order valence-corrected chi connectivity index (χ3v) is 6.13. The lowest BCUT2D eigenvalue weighted by Gasteiger charge is -2.28. The Morgan fingerprint density at radius 2 is 1.53 bits per heavy atom. The number of rotatable bonds is 11. The summed E-state index contributed by atoms with van der Waals surface area (Å²) in [5.41, 5.74) is -0.408. The van der Waals surface area contributed by atoms with Crippen LogP contribution in [0.5, 0.6) is 0 Å². The van der Waals surface area contributed by atoms with Crippen LogP contribution < -0.4 is 0 Å². The number of benzene rings is 2. The summed E-state index contributed by atoms with van der Waals surface area (Å²) in [5, 5.41) is 24.5. The summed E-state index contributed by atoms with van der Waals surface area (Å²) < 4.78 is 0. The summed E-state index contributed by atoms with van der Waals surface area (Å²) in [6.45, 7) is 4.36. The number of carbonyl (C=O) groups excluding carboxylic acids is 2. The molecule has 0 fully saturated rings. The van der Waals surface area contributed by atoms with E-state index in [4.69, 9.17) is 0 Å². The van der Waals surface area contributed by atoms with Crippen LogP contribution >= 0.6 is 11.3 Å². The first-order chi connectivity index (χ1) is 17.1. The summed E-state index contributed by atoms with van der Waals surface area (Å²) in [7, 11) is 0. The molecule has 0 bridgehead atoms. The van der Waals surface area contributed by atoms with Gasteiger partial charge in [-0.2, -0.15) is 0 Å². The highest BCUT2D eigenvalue weighted by Crippen LogP contribution is 2.24. The van der Waals surface area contributed by atoms with Gasteiger partial charge in [0, 0.05) is 30.1 Å². The zero-order valence-corrected chi connectivity index (χ0v) is 20.7. The number of amides is 2. The minimum Gasteiger partial charge on any atom is -0.332 e. The smallest absolute Gasteiger partial charge is 0.277 e. The van der Waals surface area contributed by atoms with E-state index in [0.717, 1.165) is 28.6 Å². The summed E-state index contributed by atoms with van der Waals surface area (Å²) >= 11 is 1.52. The third-order valence-electron chi connectivity index (χ3n) is 5.27. The van der Waals surface area contributed by atoms with Crippen molar-refractivity contribution in [3.63, 3.8) is 0 Å². The van der Waals surface area contributed by atoms with Crippen LogP contribution in [0, 0.1) is 26.1 Å². The predicted molar refractivity (Wildman–Crippen MR) is 136 cm³/mol. The maximum Gasteiger partial charge on any atom is 0.277 e. The second kappa shape index (κ2) is 12.0. The fourth-order valence-electron chi connectivity index (χ4n) is 3.66. The Balaban J connectivity index is 1.90. The van der Waals surface area contributed by atoms with Gasteiger partial charge in [0.2, 0.25) is 5.91 Å². The van der Waals surface area contributed by atoms with Gasteiger partial charge in [-0.15, -0.1) is 11.3 Å². The first-order valence-corrected chi connectivity index (χ1v) is 12.1. The Morgan fingerprint density at radius 1 is 0.889 bits per heavy atom. The molecule has 10 nitrogen and oxygen atoms in total. The van der Waals surface area contributed by atoms with Gasteiger partial charge in [0.05, 0.1) is 28.0 Å². The summed E-state index contributed by atoms with van der Waals surface area (Å²) in [5.74, 6) is -1.00. The molecule has 0 N–H and O–H groups in total. The lowest BCUT2D eigenvalue weighted by molar-refractivity contribution is -0.394. The molecule has 0 saturated heterocycles. The monoisotopic (exact) mass is 510 g/mol. The molecule has 0 aliphatic carbocycles. The first-order valence-electron chi connectivity index (χ1n) is 11.2. The van der Waals surface area contributed by atoms with E-state index >= 15 is 0 Å². The number of hydrogen-bond donors (Lipinski definition) is 0. The number of nitrogens with zero attached hydrogens (tertiary/aromatic N) is 4. The lowest BCUT2D eigenvalue weighted by atomic mass is 10.1. The van der Waals surface area contributed by atoms with Crippen LogP contribution in [0.2, 0.25) is 0 Å². The van der Waals surface area contributed by atoms with Crippen molar-refractivity contribution < 1.29 is 19.4 Å². The topological polar surface area (TPSA) is 127 Å². The molecule has 0 atom stereocenters. The number of hydrogen-bond acceptors (Lipinski definition) is 7. The molecule has 0 unspecified atom stereocenters. The van der Waals surface area contributed by atoms with Gasteiger partial charge in [0.1, 0.15) is 6.54 Å². The number of non-ortho nitro benzene ring substituents is 2. The molecule has 2 amide bonds. The number of nitro groups is 2. The van der Waals surface area contributed by atoms with Crippen molar-refractivity contribution in [1.82, 2.24) is 9.80 Å². The molecule has 2 aromatic carbocycles. The van der Waals surface area contributed by atoms with Gasteiger partial charge in [-0.1, -0.05) is 50.2 Å².